The fourth-order valence-corrected chi connectivity index (χ4v) is 1.58. The maximum absolute atomic E-state index is 11.4. The normalized spacial score (nSPS) is 12.2. The van der Waals surface area contributed by atoms with Crippen molar-refractivity contribution in [3.8, 4) is 5.75 Å². The quantitative estimate of drug-likeness (QED) is 0.740. The van der Waals surface area contributed by atoms with Gasteiger partial charge in [0.1, 0.15) is 11.5 Å². The molecule has 1 atom stereocenters. The van der Waals surface area contributed by atoms with Gasteiger partial charge in [-0.3, -0.25) is 4.79 Å². The van der Waals surface area contributed by atoms with Gasteiger partial charge in [-0.25, -0.2) is 0 Å². The van der Waals surface area contributed by atoms with Crippen LogP contribution in [0.2, 0.25) is 0 Å². The van der Waals surface area contributed by atoms with Gasteiger partial charge in [-0.15, -0.1) is 0 Å². The van der Waals surface area contributed by atoms with Gasteiger partial charge in [0.25, 0.3) is 0 Å². The van der Waals surface area contributed by atoms with Crippen molar-refractivity contribution in [2.24, 2.45) is 5.92 Å². The van der Waals surface area contributed by atoms with Crippen LogP contribution in [-0.4, -0.2) is 12.9 Å². The third-order valence-electron chi connectivity index (χ3n) is 2.60. The average Bonchev–Trinajstić information content (AvgIpc) is 2.29. The van der Waals surface area contributed by atoms with E-state index in [-0.39, 0.29) is 5.92 Å². The Morgan fingerprint density at radius 3 is 2.40 bits per heavy atom. The minimum absolute atomic E-state index is 0.114. The minimum atomic E-state index is 0.114. The Kier molecular flexibility index (Phi) is 4.35. The van der Waals surface area contributed by atoms with Crippen LogP contribution >= 0.6 is 0 Å². The van der Waals surface area contributed by atoms with Crippen molar-refractivity contribution in [1.82, 2.24) is 0 Å². The van der Waals surface area contributed by atoms with Crippen LogP contribution in [0.1, 0.15) is 25.8 Å². The van der Waals surface area contributed by atoms with Crippen LogP contribution in [-0.2, 0) is 11.2 Å². The third kappa shape index (κ3) is 3.39. The average molecular weight is 206 g/mol. The number of ether oxygens (including phenoxy) is 1. The standard InChI is InChI=1S/C13H18O2/c1-4-13(14)10(2)9-11-5-7-12(15-3)8-6-11/h5-8,10H,4,9H2,1-3H3. The van der Waals surface area contributed by atoms with E-state index in [1.165, 1.54) is 5.56 Å². The second-order valence-corrected chi connectivity index (χ2v) is 3.77. The number of carbonyl (C=O) groups excluding carboxylic acids is 1. The summed E-state index contributed by atoms with van der Waals surface area (Å²) in [6, 6.07) is 7.88. The van der Waals surface area contributed by atoms with Crippen molar-refractivity contribution in [2.75, 3.05) is 7.11 Å². The molecule has 0 amide bonds. The lowest BCUT2D eigenvalue weighted by atomic mass is 9.96. The fraction of sp³-hybridized carbons (Fsp3) is 0.462. The topological polar surface area (TPSA) is 26.3 Å². The Labute approximate surface area is 91.3 Å². The van der Waals surface area contributed by atoms with Crippen LogP contribution in [0.15, 0.2) is 24.3 Å². The SMILES string of the molecule is CCC(=O)C(C)Cc1ccc(OC)cc1. The molecule has 0 aliphatic heterocycles. The second kappa shape index (κ2) is 5.54. The number of benzene rings is 1. The van der Waals surface area contributed by atoms with E-state index in [0.717, 1.165) is 12.2 Å². The summed E-state index contributed by atoms with van der Waals surface area (Å²) in [5.41, 5.74) is 1.19. The van der Waals surface area contributed by atoms with Crippen LogP contribution in [0, 0.1) is 5.92 Å². The zero-order valence-electron chi connectivity index (χ0n) is 9.62. The summed E-state index contributed by atoms with van der Waals surface area (Å²) >= 11 is 0. The molecule has 0 radical (unpaired) electrons. The highest BCUT2D eigenvalue weighted by Crippen LogP contribution is 2.15. The Hall–Kier alpha value is -1.31. The smallest absolute Gasteiger partial charge is 0.135 e. The van der Waals surface area contributed by atoms with E-state index in [2.05, 4.69) is 0 Å². The zero-order valence-corrected chi connectivity index (χ0v) is 9.62. The molecule has 1 rings (SSSR count). The van der Waals surface area contributed by atoms with Gasteiger partial charge in [-0.2, -0.15) is 0 Å². The highest BCUT2D eigenvalue weighted by atomic mass is 16.5. The predicted molar refractivity (Wildman–Crippen MR) is 61.2 cm³/mol. The maximum atomic E-state index is 11.4. The second-order valence-electron chi connectivity index (χ2n) is 3.77. The molecule has 2 nitrogen and oxygen atoms in total. The Bertz CT molecular complexity index is 314. The molecule has 82 valence electrons. The van der Waals surface area contributed by atoms with Gasteiger partial charge in [0.2, 0.25) is 0 Å². The molecule has 0 heterocycles. The lowest BCUT2D eigenvalue weighted by Crippen LogP contribution is -2.12. The van der Waals surface area contributed by atoms with Crippen LogP contribution in [0.4, 0.5) is 0 Å². The molecule has 0 fully saturated rings. The largest absolute Gasteiger partial charge is 0.497 e. The van der Waals surface area contributed by atoms with Gasteiger partial charge in [-0.05, 0) is 24.1 Å². The number of hydrogen-bond acceptors (Lipinski definition) is 2. The lowest BCUT2D eigenvalue weighted by molar-refractivity contribution is -0.122. The van der Waals surface area contributed by atoms with E-state index in [4.69, 9.17) is 4.74 Å². The summed E-state index contributed by atoms with van der Waals surface area (Å²) in [4.78, 5) is 11.4. The van der Waals surface area contributed by atoms with E-state index in [0.29, 0.717) is 12.2 Å². The molecule has 0 N–H and O–H groups in total. The van der Waals surface area contributed by atoms with Crippen LogP contribution in [0.5, 0.6) is 5.75 Å². The monoisotopic (exact) mass is 206 g/mol. The van der Waals surface area contributed by atoms with Crippen molar-refractivity contribution < 1.29 is 9.53 Å². The van der Waals surface area contributed by atoms with Gasteiger partial charge < -0.3 is 4.74 Å². The van der Waals surface area contributed by atoms with E-state index >= 15 is 0 Å². The van der Waals surface area contributed by atoms with Crippen LogP contribution < -0.4 is 4.74 Å². The molecule has 2 heteroatoms. The Morgan fingerprint density at radius 2 is 1.93 bits per heavy atom. The Morgan fingerprint density at radius 1 is 1.33 bits per heavy atom. The first-order valence-electron chi connectivity index (χ1n) is 5.33. The van der Waals surface area contributed by atoms with Crippen LogP contribution in [0.3, 0.4) is 0 Å². The summed E-state index contributed by atoms with van der Waals surface area (Å²) in [7, 11) is 1.65. The van der Waals surface area contributed by atoms with Crippen molar-refractivity contribution >= 4 is 5.78 Å². The molecule has 0 aromatic heterocycles. The van der Waals surface area contributed by atoms with Gasteiger partial charge in [0, 0.05) is 12.3 Å². The van der Waals surface area contributed by atoms with E-state index in [1.54, 1.807) is 7.11 Å². The highest BCUT2D eigenvalue weighted by molar-refractivity contribution is 5.80. The maximum Gasteiger partial charge on any atom is 0.135 e. The van der Waals surface area contributed by atoms with Gasteiger partial charge in [-0.1, -0.05) is 26.0 Å². The number of methoxy groups -OCH3 is 1. The first-order chi connectivity index (χ1) is 7.17. The molecule has 0 aliphatic carbocycles. The van der Waals surface area contributed by atoms with E-state index < -0.39 is 0 Å². The summed E-state index contributed by atoms with van der Waals surface area (Å²) in [6.07, 6.45) is 1.44. The number of hydrogen-bond donors (Lipinski definition) is 0. The van der Waals surface area contributed by atoms with Crippen LogP contribution in [0.25, 0.3) is 0 Å². The van der Waals surface area contributed by atoms with E-state index in [9.17, 15) is 4.79 Å². The molecule has 15 heavy (non-hydrogen) atoms. The summed E-state index contributed by atoms with van der Waals surface area (Å²) in [5, 5.41) is 0. The van der Waals surface area contributed by atoms with E-state index in [1.807, 2.05) is 38.1 Å². The molecular formula is C13H18O2. The minimum Gasteiger partial charge on any atom is -0.497 e. The van der Waals surface area contributed by atoms with Crippen molar-refractivity contribution in [3.05, 3.63) is 29.8 Å². The first-order valence-corrected chi connectivity index (χ1v) is 5.33. The summed E-state index contributed by atoms with van der Waals surface area (Å²) in [6.45, 7) is 3.89. The molecule has 1 unspecified atom stereocenters. The fourth-order valence-electron chi connectivity index (χ4n) is 1.58. The lowest BCUT2D eigenvalue weighted by Gasteiger charge is -2.09. The molecule has 0 saturated carbocycles. The molecule has 0 saturated heterocycles. The number of carbonyl (C=O) groups is 1. The molecular weight excluding hydrogens is 188 g/mol. The first kappa shape index (κ1) is 11.8. The zero-order chi connectivity index (χ0) is 11.3. The van der Waals surface area contributed by atoms with Gasteiger partial charge in [0.05, 0.1) is 7.11 Å². The number of rotatable bonds is 5. The van der Waals surface area contributed by atoms with Crippen molar-refractivity contribution in [2.45, 2.75) is 26.7 Å². The summed E-state index contributed by atoms with van der Waals surface area (Å²) in [5.74, 6) is 1.29. The van der Waals surface area contributed by atoms with Crippen molar-refractivity contribution in [3.63, 3.8) is 0 Å². The van der Waals surface area contributed by atoms with Gasteiger partial charge in [0.15, 0.2) is 0 Å². The molecule has 0 bridgehead atoms. The number of Topliss-reactive ketones (excluding diaryl/α,β-unsaturated/α-hetero) is 1. The predicted octanol–water partition coefficient (Wildman–Crippen LogP) is 2.85. The molecule has 0 spiro atoms. The molecule has 1 aromatic rings. The number of ketones is 1. The summed E-state index contributed by atoms with van der Waals surface area (Å²) < 4.78 is 5.08. The third-order valence-corrected chi connectivity index (χ3v) is 2.60. The molecule has 1 aromatic carbocycles. The highest BCUT2D eigenvalue weighted by Gasteiger charge is 2.10. The van der Waals surface area contributed by atoms with Crippen molar-refractivity contribution in [1.29, 1.82) is 0 Å². The Balaban J connectivity index is 2.60. The molecule has 0 aliphatic rings. The van der Waals surface area contributed by atoms with Gasteiger partial charge >= 0.3 is 0 Å².